The topological polar surface area (TPSA) is 32.7 Å². The molecular formula is C24H27ClF3NO2. The van der Waals surface area contributed by atoms with Crippen molar-refractivity contribution in [3.05, 3.63) is 69.8 Å². The minimum atomic E-state index is -4.60. The van der Waals surface area contributed by atoms with Crippen LogP contribution < -0.4 is 4.74 Å². The lowest BCUT2D eigenvalue weighted by Gasteiger charge is -2.44. The first kappa shape index (κ1) is 23.6. The Kier molecular flexibility index (Phi) is 7.04. The molecule has 2 aromatic rings. The molecule has 2 atom stereocenters. The van der Waals surface area contributed by atoms with E-state index in [0.29, 0.717) is 30.7 Å². The molecule has 2 aromatic carbocycles. The lowest BCUT2D eigenvalue weighted by molar-refractivity contribution is -0.137. The van der Waals surface area contributed by atoms with Crippen LogP contribution in [0.4, 0.5) is 13.2 Å². The average Bonchev–Trinajstić information content (AvgIpc) is 2.70. The fraction of sp³-hybridized carbons (Fsp3) is 0.417. The van der Waals surface area contributed by atoms with E-state index in [1.165, 1.54) is 12.1 Å². The third-order valence-electron chi connectivity index (χ3n) is 5.83. The Morgan fingerprint density at radius 2 is 1.87 bits per heavy atom. The van der Waals surface area contributed by atoms with Crippen LogP contribution in [-0.2, 0) is 11.8 Å². The molecule has 0 bridgehead atoms. The Morgan fingerprint density at radius 3 is 2.45 bits per heavy atom. The zero-order valence-corrected chi connectivity index (χ0v) is 18.6. The number of ether oxygens (including phenoxy) is 1. The highest BCUT2D eigenvalue weighted by Gasteiger charge is 2.45. The van der Waals surface area contributed by atoms with E-state index in [0.717, 1.165) is 18.1 Å². The van der Waals surface area contributed by atoms with E-state index in [9.17, 15) is 18.3 Å². The standard InChI is InChI=1S/C24H27ClF3NO2/c1-29(2)15-19-6-4-5-17(13-16-7-10-20(31-3)11-8-16)23(19,30)18-9-12-22(25)21(14-18)24(26,27)28/h7-14,19,30H,4-6,15H2,1-3H3/b17-13+. The van der Waals surface area contributed by atoms with Crippen LogP contribution in [0.25, 0.3) is 6.08 Å². The molecule has 31 heavy (non-hydrogen) atoms. The van der Waals surface area contributed by atoms with Crippen LogP contribution in [-0.4, -0.2) is 37.8 Å². The van der Waals surface area contributed by atoms with Crippen LogP contribution in [0.3, 0.4) is 0 Å². The molecule has 0 radical (unpaired) electrons. The Morgan fingerprint density at radius 1 is 1.19 bits per heavy atom. The molecule has 1 saturated carbocycles. The third-order valence-corrected chi connectivity index (χ3v) is 6.16. The predicted molar refractivity (Wildman–Crippen MR) is 117 cm³/mol. The Hall–Kier alpha value is -2.02. The van der Waals surface area contributed by atoms with Crippen molar-refractivity contribution in [2.24, 2.45) is 5.92 Å². The monoisotopic (exact) mass is 453 g/mol. The van der Waals surface area contributed by atoms with Gasteiger partial charge in [-0.3, -0.25) is 0 Å². The number of hydrogen-bond donors (Lipinski definition) is 1. The van der Waals surface area contributed by atoms with Crippen molar-refractivity contribution < 1.29 is 23.0 Å². The van der Waals surface area contributed by atoms with E-state index in [2.05, 4.69) is 0 Å². The van der Waals surface area contributed by atoms with Gasteiger partial charge in [-0.2, -0.15) is 13.2 Å². The summed E-state index contributed by atoms with van der Waals surface area (Å²) in [5.74, 6) is 0.446. The van der Waals surface area contributed by atoms with E-state index in [4.69, 9.17) is 16.3 Å². The SMILES string of the molecule is COc1ccc(/C=C2\CCCC(CN(C)C)C2(O)c2ccc(Cl)c(C(F)(F)F)c2)cc1. The molecule has 0 heterocycles. The lowest BCUT2D eigenvalue weighted by Crippen LogP contribution is -2.44. The summed E-state index contributed by atoms with van der Waals surface area (Å²) >= 11 is 5.84. The summed E-state index contributed by atoms with van der Waals surface area (Å²) < 4.78 is 45.8. The molecule has 1 fully saturated rings. The van der Waals surface area contributed by atoms with Crippen LogP contribution in [0.5, 0.6) is 5.75 Å². The van der Waals surface area contributed by atoms with E-state index in [1.54, 1.807) is 7.11 Å². The van der Waals surface area contributed by atoms with Gasteiger partial charge in [-0.25, -0.2) is 0 Å². The summed E-state index contributed by atoms with van der Waals surface area (Å²) in [6, 6.07) is 11.1. The highest BCUT2D eigenvalue weighted by atomic mass is 35.5. The summed E-state index contributed by atoms with van der Waals surface area (Å²) in [5, 5.41) is 11.6. The zero-order valence-electron chi connectivity index (χ0n) is 17.8. The van der Waals surface area contributed by atoms with E-state index in [-0.39, 0.29) is 16.5 Å². The number of benzene rings is 2. The maximum atomic E-state index is 13.5. The molecule has 168 valence electrons. The Bertz CT molecular complexity index is 941. The zero-order chi connectivity index (χ0) is 22.8. The first-order valence-corrected chi connectivity index (χ1v) is 10.5. The number of alkyl halides is 3. The predicted octanol–water partition coefficient (Wildman–Crippen LogP) is 6.00. The van der Waals surface area contributed by atoms with Crippen LogP contribution >= 0.6 is 11.6 Å². The summed E-state index contributed by atoms with van der Waals surface area (Å²) in [6.45, 7) is 0.542. The van der Waals surface area contributed by atoms with Gasteiger partial charge in [0.15, 0.2) is 0 Å². The van der Waals surface area contributed by atoms with Crippen molar-refractivity contribution in [1.82, 2.24) is 4.90 Å². The molecule has 0 spiro atoms. The number of halogens is 4. The average molecular weight is 454 g/mol. The molecule has 3 nitrogen and oxygen atoms in total. The maximum absolute atomic E-state index is 13.5. The maximum Gasteiger partial charge on any atom is 0.417 e. The molecule has 1 aliphatic carbocycles. The quantitative estimate of drug-likeness (QED) is 0.602. The van der Waals surface area contributed by atoms with Gasteiger partial charge < -0.3 is 14.7 Å². The van der Waals surface area contributed by atoms with Crippen molar-refractivity contribution in [3.63, 3.8) is 0 Å². The molecule has 3 rings (SSSR count). The van der Waals surface area contributed by atoms with Gasteiger partial charge in [0.2, 0.25) is 0 Å². The van der Waals surface area contributed by atoms with Crippen molar-refractivity contribution in [2.75, 3.05) is 27.7 Å². The van der Waals surface area contributed by atoms with Crippen LogP contribution in [0.15, 0.2) is 48.0 Å². The van der Waals surface area contributed by atoms with Crippen LogP contribution in [0, 0.1) is 5.92 Å². The molecule has 0 saturated heterocycles. The van der Waals surface area contributed by atoms with Gasteiger partial charge in [-0.05, 0) is 74.3 Å². The van der Waals surface area contributed by atoms with Gasteiger partial charge in [0.1, 0.15) is 11.4 Å². The van der Waals surface area contributed by atoms with E-state index in [1.807, 2.05) is 49.3 Å². The second-order valence-electron chi connectivity index (χ2n) is 8.25. The fourth-order valence-corrected chi connectivity index (χ4v) is 4.57. The Balaban J connectivity index is 2.15. The number of hydrogen-bond acceptors (Lipinski definition) is 3. The smallest absolute Gasteiger partial charge is 0.417 e. The van der Waals surface area contributed by atoms with Crippen molar-refractivity contribution in [2.45, 2.75) is 31.0 Å². The number of rotatable bonds is 5. The third kappa shape index (κ3) is 5.08. The summed E-state index contributed by atoms with van der Waals surface area (Å²) in [4.78, 5) is 1.95. The van der Waals surface area contributed by atoms with Gasteiger partial charge in [0.05, 0.1) is 17.7 Å². The van der Waals surface area contributed by atoms with Crippen molar-refractivity contribution in [1.29, 1.82) is 0 Å². The van der Waals surface area contributed by atoms with Crippen molar-refractivity contribution >= 4 is 17.7 Å². The van der Waals surface area contributed by atoms with Gasteiger partial charge in [-0.15, -0.1) is 0 Å². The lowest BCUT2D eigenvalue weighted by atomic mass is 9.67. The molecule has 2 unspecified atom stereocenters. The fourth-order valence-electron chi connectivity index (χ4n) is 4.35. The number of aliphatic hydroxyl groups is 1. The number of methoxy groups -OCH3 is 1. The highest BCUT2D eigenvalue weighted by molar-refractivity contribution is 6.31. The molecule has 0 aromatic heterocycles. The van der Waals surface area contributed by atoms with E-state index < -0.39 is 17.3 Å². The largest absolute Gasteiger partial charge is 0.497 e. The number of nitrogens with zero attached hydrogens (tertiary/aromatic N) is 1. The first-order chi connectivity index (χ1) is 14.6. The summed E-state index contributed by atoms with van der Waals surface area (Å²) in [6.07, 6.45) is -0.574. The summed E-state index contributed by atoms with van der Waals surface area (Å²) in [7, 11) is 5.37. The minimum Gasteiger partial charge on any atom is -0.497 e. The van der Waals surface area contributed by atoms with Gasteiger partial charge in [0, 0.05) is 12.5 Å². The summed E-state index contributed by atoms with van der Waals surface area (Å²) in [5.41, 5.74) is -0.697. The Labute approximate surface area is 186 Å². The normalized spacial score (nSPS) is 23.4. The van der Waals surface area contributed by atoms with Gasteiger partial charge in [0.25, 0.3) is 0 Å². The molecule has 0 amide bonds. The van der Waals surface area contributed by atoms with Crippen LogP contribution in [0.2, 0.25) is 5.02 Å². The highest BCUT2D eigenvalue weighted by Crippen LogP contribution is 2.48. The minimum absolute atomic E-state index is 0.218. The molecule has 0 aliphatic heterocycles. The molecule has 1 N–H and O–H groups in total. The molecule has 1 aliphatic rings. The first-order valence-electron chi connectivity index (χ1n) is 10.1. The van der Waals surface area contributed by atoms with Crippen LogP contribution in [0.1, 0.15) is 36.0 Å². The molecule has 7 heteroatoms. The second-order valence-corrected chi connectivity index (χ2v) is 8.66. The van der Waals surface area contributed by atoms with Crippen molar-refractivity contribution in [3.8, 4) is 5.75 Å². The van der Waals surface area contributed by atoms with Gasteiger partial charge >= 0.3 is 6.18 Å². The molecular weight excluding hydrogens is 427 g/mol. The van der Waals surface area contributed by atoms with Gasteiger partial charge in [-0.1, -0.05) is 35.9 Å². The second kappa shape index (κ2) is 9.23. The van der Waals surface area contributed by atoms with E-state index >= 15 is 0 Å².